The second-order valence-electron chi connectivity index (χ2n) is 8.16. The topological polar surface area (TPSA) is 73.2 Å². The Balaban J connectivity index is 1.32. The van der Waals surface area contributed by atoms with E-state index in [0.717, 1.165) is 16.3 Å². The number of benzene rings is 4. The van der Waals surface area contributed by atoms with E-state index >= 15 is 0 Å². The number of aromatic nitrogens is 2. The molecule has 0 saturated carbocycles. The molecule has 5 aromatic rings. The molecule has 1 amide bonds. The maximum Gasteiger partial charge on any atom is 0.265 e. The number of para-hydroxylation sites is 1. The molecule has 0 aliphatic rings. The molecule has 34 heavy (non-hydrogen) atoms. The summed E-state index contributed by atoms with van der Waals surface area (Å²) < 4.78 is 7.27. The van der Waals surface area contributed by atoms with Crippen LogP contribution in [0.1, 0.15) is 11.4 Å². The van der Waals surface area contributed by atoms with Crippen LogP contribution in [0, 0.1) is 13.8 Å². The number of rotatable bonds is 5. The van der Waals surface area contributed by atoms with Gasteiger partial charge in [0.2, 0.25) is 0 Å². The molecule has 0 bridgehead atoms. The number of amides is 1. The summed E-state index contributed by atoms with van der Waals surface area (Å²) in [4.78, 5) is 30.1. The highest BCUT2D eigenvalue weighted by atomic mass is 16.5. The molecule has 1 N–H and O–H groups in total. The largest absolute Gasteiger partial charge is 0.484 e. The predicted octanol–water partition coefficient (Wildman–Crippen LogP) is 5.17. The van der Waals surface area contributed by atoms with Gasteiger partial charge in [0.15, 0.2) is 6.61 Å². The van der Waals surface area contributed by atoms with Crippen molar-refractivity contribution in [3.8, 4) is 11.4 Å². The molecule has 0 spiro atoms. The van der Waals surface area contributed by atoms with E-state index < -0.39 is 0 Å². The van der Waals surface area contributed by atoms with Crippen molar-refractivity contribution in [2.45, 2.75) is 13.8 Å². The highest BCUT2D eigenvalue weighted by molar-refractivity contribution is 5.93. The lowest BCUT2D eigenvalue weighted by atomic mass is 10.1. The molecule has 0 fully saturated rings. The van der Waals surface area contributed by atoms with Gasteiger partial charge in [0, 0.05) is 5.69 Å². The lowest BCUT2D eigenvalue weighted by Gasteiger charge is -2.14. The molecule has 6 heteroatoms. The molecule has 0 aliphatic heterocycles. The van der Waals surface area contributed by atoms with E-state index in [1.54, 1.807) is 22.8 Å². The van der Waals surface area contributed by atoms with Crippen LogP contribution in [-0.4, -0.2) is 22.1 Å². The highest BCUT2D eigenvalue weighted by Gasteiger charge is 2.12. The third kappa shape index (κ3) is 4.13. The van der Waals surface area contributed by atoms with Crippen molar-refractivity contribution in [3.05, 3.63) is 107 Å². The molecule has 0 atom stereocenters. The number of ether oxygens (including phenoxy) is 1. The summed E-state index contributed by atoms with van der Waals surface area (Å²) in [5.41, 5.74) is 2.74. The van der Waals surface area contributed by atoms with E-state index in [0.29, 0.717) is 33.9 Å². The fraction of sp³-hybridized carbons (Fsp3) is 0.107. The maximum absolute atomic E-state index is 13.1. The minimum Gasteiger partial charge on any atom is -0.484 e. The van der Waals surface area contributed by atoms with Crippen molar-refractivity contribution in [1.82, 2.24) is 9.55 Å². The van der Waals surface area contributed by atoms with Gasteiger partial charge in [0.1, 0.15) is 11.6 Å². The average Bonchev–Trinajstić information content (AvgIpc) is 2.84. The van der Waals surface area contributed by atoms with Crippen LogP contribution in [0.3, 0.4) is 0 Å². The number of carbonyl (C=O) groups is 1. The summed E-state index contributed by atoms with van der Waals surface area (Å²) in [7, 11) is 0. The van der Waals surface area contributed by atoms with Crippen LogP contribution in [0.2, 0.25) is 0 Å². The van der Waals surface area contributed by atoms with Gasteiger partial charge in [-0.05, 0) is 72.6 Å². The van der Waals surface area contributed by atoms with Gasteiger partial charge >= 0.3 is 0 Å². The van der Waals surface area contributed by atoms with Crippen LogP contribution in [0.4, 0.5) is 5.69 Å². The Morgan fingerprint density at radius 2 is 1.68 bits per heavy atom. The second-order valence-corrected chi connectivity index (χ2v) is 8.16. The number of aryl methyl sites for hydroxylation is 2. The third-order valence-electron chi connectivity index (χ3n) is 5.78. The zero-order valence-electron chi connectivity index (χ0n) is 18.9. The maximum atomic E-state index is 13.1. The minimum atomic E-state index is -0.260. The lowest BCUT2D eigenvalue weighted by Crippen LogP contribution is -2.23. The second kappa shape index (κ2) is 8.83. The number of hydrogen-bond donors (Lipinski definition) is 1. The van der Waals surface area contributed by atoms with E-state index in [2.05, 4.69) is 10.3 Å². The van der Waals surface area contributed by atoms with E-state index in [9.17, 15) is 9.59 Å². The first kappa shape index (κ1) is 21.4. The molecule has 1 heterocycles. The molecule has 0 radical (unpaired) electrons. The van der Waals surface area contributed by atoms with Crippen molar-refractivity contribution in [3.63, 3.8) is 0 Å². The summed E-state index contributed by atoms with van der Waals surface area (Å²) in [6.07, 6.45) is 0. The number of anilines is 1. The third-order valence-corrected chi connectivity index (χ3v) is 5.78. The van der Waals surface area contributed by atoms with Gasteiger partial charge in [-0.15, -0.1) is 0 Å². The van der Waals surface area contributed by atoms with Crippen LogP contribution in [0.5, 0.6) is 5.75 Å². The Kier molecular flexibility index (Phi) is 5.55. The molecule has 0 unspecified atom stereocenters. The van der Waals surface area contributed by atoms with Gasteiger partial charge < -0.3 is 10.1 Å². The summed E-state index contributed by atoms with van der Waals surface area (Å²) in [5.74, 6) is 0.980. The molecule has 0 saturated heterocycles. The quantitative estimate of drug-likeness (QED) is 0.402. The van der Waals surface area contributed by atoms with Gasteiger partial charge in [0.25, 0.3) is 11.5 Å². The van der Waals surface area contributed by atoms with Crippen molar-refractivity contribution in [2.24, 2.45) is 0 Å². The van der Waals surface area contributed by atoms with Crippen LogP contribution in [0.25, 0.3) is 27.4 Å². The summed E-state index contributed by atoms with van der Waals surface area (Å²) in [6, 6.07) is 26.5. The lowest BCUT2D eigenvalue weighted by molar-refractivity contribution is -0.118. The fourth-order valence-electron chi connectivity index (χ4n) is 4.07. The summed E-state index contributed by atoms with van der Waals surface area (Å²) in [6.45, 7) is 3.59. The fourth-order valence-corrected chi connectivity index (χ4v) is 4.07. The molecule has 1 aromatic heterocycles. The first-order valence-electron chi connectivity index (χ1n) is 11.0. The van der Waals surface area contributed by atoms with Crippen LogP contribution in [-0.2, 0) is 4.79 Å². The first-order valence-corrected chi connectivity index (χ1v) is 11.0. The van der Waals surface area contributed by atoms with Crippen molar-refractivity contribution in [2.75, 3.05) is 11.9 Å². The van der Waals surface area contributed by atoms with Crippen LogP contribution < -0.4 is 15.6 Å². The van der Waals surface area contributed by atoms with E-state index in [4.69, 9.17) is 4.74 Å². The van der Waals surface area contributed by atoms with Gasteiger partial charge in [-0.25, -0.2) is 4.98 Å². The normalized spacial score (nSPS) is 11.0. The van der Waals surface area contributed by atoms with E-state index in [1.807, 2.05) is 80.6 Å². The number of nitrogens with zero attached hydrogens (tertiary/aromatic N) is 2. The molecule has 0 aliphatic carbocycles. The Bertz CT molecular complexity index is 1600. The summed E-state index contributed by atoms with van der Waals surface area (Å²) in [5, 5.41) is 5.62. The number of hydrogen-bond acceptors (Lipinski definition) is 4. The Morgan fingerprint density at radius 3 is 2.50 bits per heavy atom. The van der Waals surface area contributed by atoms with Gasteiger partial charge in [-0.3, -0.25) is 14.2 Å². The van der Waals surface area contributed by atoms with Gasteiger partial charge in [0.05, 0.1) is 16.6 Å². The Hall–Kier alpha value is -4.45. The van der Waals surface area contributed by atoms with Gasteiger partial charge in [-0.2, -0.15) is 0 Å². The van der Waals surface area contributed by atoms with Gasteiger partial charge in [-0.1, -0.05) is 42.5 Å². The Morgan fingerprint density at radius 1 is 0.912 bits per heavy atom. The number of carbonyl (C=O) groups excluding carboxylic acids is 1. The van der Waals surface area contributed by atoms with E-state index in [1.165, 1.54) is 0 Å². The van der Waals surface area contributed by atoms with Crippen molar-refractivity contribution < 1.29 is 9.53 Å². The van der Waals surface area contributed by atoms with Crippen molar-refractivity contribution in [1.29, 1.82) is 0 Å². The molecular formula is C28H23N3O3. The predicted molar refractivity (Wildman–Crippen MR) is 135 cm³/mol. The van der Waals surface area contributed by atoms with Crippen LogP contribution >= 0.6 is 0 Å². The number of nitrogens with one attached hydrogen (secondary N) is 1. The monoisotopic (exact) mass is 449 g/mol. The molecule has 6 nitrogen and oxygen atoms in total. The minimum absolute atomic E-state index is 0.104. The Labute approximate surface area is 196 Å². The van der Waals surface area contributed by atoms with E-state index in [-0.39, 0.29) is 18.1 Å². The summed E-state index contributed by atoms with van der Waals surface area (Å²) >= 11 is 0. The first-order chi connectivity index (χ1) is 16.5. The standard InChI is InChI=1S/C28H23N3O3/c1-18-15-22(31-19(2)29-26-10-6-5-9-24(26)28(31)33)12-14-25(18)30-27(32)17-34-23-13-11-20-7-3-4-8-21(20)16-23/h3-16H,17H2,1-2H3,(H,30,32). The molecule has 4 aromatic carbocycles. The van der Waals surface area contributed by atoms with Crippen molar-refractivity contribution >= 4 is 33.3 Å². The zero-order chi connectivity index (χ0) is 23.7. The molecular weight excluding hydrogens is 426 g/mol. The average molecular weight is 450 g/mol. The smallest absolute Gasteiger partial charge is 0.265 e. The number of fused-ring (bicyclic) bond motifs is 2. The zero-order valence-corrected chi connectivity index (χ0v) is 18.9. The highest BCUT2D eigenvalue weighted by Crippen LogP contribution is 2.22. The SMILES string of the molecule is Cc1cc(-n2c(C)nc3ccccc3c2=O)ccc1NC(=O)COc1ccc2ccccc2c1. The molecule has 168 valence electrons. The van der Waals surface area contributed by atoms with Crippen LogP contribution in [0.15, 0.2) is 89.7 Å². The molecule has 5 rings (SSSR count).